The number of ether oxygens (including phenoxy) is 1. The van der Waals surface area contributed by atoms with E-state index in [4.69, 9.17) is 10.5 Å². The monoisotopic (exact) mass is 406 g/mol. The Morgan fingerprint density at radius 1 is 1.52 bits per heavy atom. The lowest BCUT2D eigenvalue weighted by Crippen LogP contribution is -2.44. The summed E-state index contributed by atoms with van der Waals surface area (Å²) in [6.45, 7) is 1.07. The molecule has 0 aliphatic carbocycles. The molecule has 0 unspecified atom stereocenters. The van der Waals surface area contributed by atoms with Crippen LogP contribution in [0.4, 0.5) is 5.82 Å². The van der Waals surface area contributed by atoms with E-state index >= 15 is 0 Å². The third-order valence-electron chi connectivity index (χ3n) is 3.78. The molecule has 1 aliphatic rings. The SMILES string of the molecule is C[C@@]1(O)[C@H](O)[C@@H](CO)O[C@H]1n1cc(I)c2c(N)ncnc21. The molecule has 21 heavy (non-hydrogen) atoms. The van der Waals surface area contributed by atoms with E-state index in [0.717, 1.165) is 3.57 Å². The molecular formula is C12H15IN4O4. The van der Waals surface area contributed by atoms with Gasteiger partial charge in [-0.1, -0.05) is 0 Å². The maximum Gasteiger partial charge on any atom is 0.167 e. The highest BCUT2D eigenvalue weighted by Gasteiger charge is 2.53. The lowest BCUT2D eigenvalue weighted by Gasteiger charge is -2.27. The smallest absolute Gasteiger partial charge is 0.167 e. The molecule has 0 amide bonds. The molecule has 0 saturated carbocycles. The zero-order chi connectivity index (χ0) is 15.4. The van der Waals surface area contributed by atoms with E-state index in [-0.39, 0.29) is 6.61 Å². The average molecular weight is 406 g/mol. The van der Waals surface area contributed by atoms with Gasteiger partial charge in [0.1, 0.15) is 35.6 Å². The summed E-state index contributed by atoms with van der Waals surface area (Å²) in [5, 5.41) is 30.5. The van der Waals surface area contributed by atoms with Crippen LogP contribution in [0, 0.1) is 3.57 Å². The Labute approximate surface area is 133 Å². The average Bonchev–Trinajstić information content (AvgIpc) is 2.87. The van der Waals surface area contributed by atoms with E-state index in [1.54, 1.807) is 10.8 Å². The Morgan fingerprint density at radius 3 is 2.86 bits per heavy atom. The predicted molar refractivity (Wildman–Crippen MR) is 82.3 cm³/mol. The van der Waals surface area contributed by atoms with Crippen molar-refractivity contribution in [2.75, 3.05) is 12.3 Å². The molecule has 3 rings (SSSR count). The fraction of sp³-hybridized carbons (Fsp3) is 0.500. The summed E-state index contributed by atoms with van der Waals surface area (Å²) in [5.41, 5.74) is 4.79. The number of nitrogen functional groups attached to an aromatic ring is 1. The molecule has 5 N–H and O–H groups in total. The first-order chi connectivity index (χ1) is 9.87. The fourth-order valence-corrected chi connectivity index (χ4v) is 3.45. The number of fused-ring (bicyclic) bond motifs is 1. The van der Waals surface area contributed by atoms with Crippen LogP contribution >= 0.6 is 22.6 Å². The van der Waals surface area contributed by atoms with Gasteiger partial charge in [0, 0.05) is 9.77 Å². The zero-order valence-electron chi connectivity index (χ0n) is 11.1. The van der Waals surface area contributed by atoms with Crippen molar-refractivity contribution in [3.05, 3.63) is 16.1 Å². The number of anilines is 1. The number of aliphatic hydroxyl groups is 3. The van der Waals surface area contributed by atoms with Gasteiger partial charge in [0.2, 0.25) is 0 Å². The number of hydrogen-bond donors (Lipinski definition) is 4. The third-order valence-corrected chi connectivity index (χ3v) is 4.60. The number of rotatable bonds is 2. The van der Waals surface area contributed by atoms with E-state index in [1.165, 1.54) is 13.3 Å². The molecule has 0 spiro atoms. The molecule has 2 aromatic heterocycles. The van der Waals surface area contributed by atoms with Crippen LogP contribution in [-0.2, 0) is 4.74 Å². The topological polar surface area (TPSA) is 127 Å². The molecule has 0 aromatic carbocycles. The van der Waals surface area contributed by atoms with Crippen molar-refractivity contribution in [2.24, 2.45) is 0 Å². The van der Waals surface area contributed by atoms with Crippen molar-refractivity contribution < 1.29 is 20.1 Å². The Kier molecular flexibility index (Phi) is 3.56. The molecule has 8 nitrogen and oxygen atoms in total. The number of hydrogen-bond acceptors (Lipinski definition) is 7. The lowest BCUT2D eigenvalue weighted by atomic mass is 9.96. The highest BCUT2D eigenvalue weighted by Crippen LogP contribution is 2.40. The molecule has 0 bridgehead atoms. The lowest BCUT2D eigenvalue weighted by molar-refractivity contribution is -0.0948. The second-order valence-electron chi connectivity index (χ2n) is 5.22. The van der Waals surface area contributed by atoms with E-state index in [0.29, 0.717) is 16.9 Å². The standard InChI is InChI=1S/C12H15IN4O4/c1-12(20)8(19)6(3-18)21-11(12)17-2-5(13)7-9(14)15-4-16-10(7)17/h2,4,6,8,11,18-20H,3H2,1H3,(H2,14,15,16)/t6-,8-,11-,12-/m1/s1. The highest BCUT2D eigenvalue weighted by molar-refractivity contribution is 14.1. The predicted octanol–water partition coefficient (Wildman–Crippen LogP) is -0.380. The normalized spacial score (nSPS) is 32.9. The summed E-state index contributed by atoms with van der Waals surface area (Å²) >= 11 is 2.09. The minimum Gasteiger partial charge on any atom is -0.394 e. The maximum atomic E-state index is 10.5. The molecule has 114 valence electrons. The van der Waals surface area contributed by atoms with Gasteiger partial charge in [0.15, 0.2) is 6.23 Å². The van der Waals surface area contributed by atoms with Gasteiger partial charge in [-0.15, -0.1) is 0 Å². The summed E-state index contributed by atoms with van der Waals surface area (Å²) in [7, 11) is 0. The van der Waals surface area contributed by atoms with Gasteiger partial charge in [-0.05, 0) is 29.5 Å². The number of aromatic nitrogens is 3. The van der Waals surface area contributed by atoms with Gasteiger partial charge in [0.05, 0.1) is 12.0 Å². The molecule has 1 aliphatic heterocycles. The van der Waals surface area contributed by atoms with E-state index < -0.39 is 24.0 Å². The molecule has 1 fully saturated rings. The molecule has 3 heterocycles. The largest absolute Gasteiger partial charge is 0.394 e. The van der Waals surface area contributed by atoms with Crippen molar-refractivity contribution in [3.63, 3.8) is 0 Å². The fourth-order valence-electron chi connectivity index (χ4n) is 2.63. The van der Waals surface area contributed by atoms with E-state index in [1.807, 2.05) is 0 Å². The minimum atomic E-state index is -1.57. The van der Waals surface area contributed by atoms with Gasteiger partial charge >= 0.3 is 0 Å². The van der Waals surface area contributed by atoms with Crippen LogP contribution in [0.3, 0.4) is 0 Å². The number of nitrogens with two attached hydrogens (primary N) is 1. The quantitative estimate of drug-likeness (QED) is 0.501. The molecule has 9 heteroatoms. The highest BCUT2D eigenvalue weighted by atomic mass is 127. The van der Waals surface area contributed by atoms with Crippen LogP contribution in [0.15, 0.2) is 12.5 Å². The third kappa shape index (κ3) is 2.11. The van der Waals surface area contributed by atoms with Crippen molar-refractivity contribution in [1.29, 1.82) is 0 Å². The Hall–Kier alpha value is -1.01. The summed E-state index contributed by atoms with van der Waals surface area (Å²) in [6.07, 6.45) is 0.0986. The first-order valence-electron chi connectivity index (χ1n) is 6.31. The molecule has 4 atom stereocenters. The van der Waals surface area contributed by atoms with Gasteiger partial charge < -0.3 is 30.4 Å². The Morgan fingerprint density at radius 2 is 2.24 bits per heavy atom. The van der Waals surface area contributed by atoms with Gasteiger partial charge in [-0.25, -0.2) is 9.97 Å². The second kappa shape index (κ2) is 5.02. The van der Waals surface area contributed by atoms with Crippen LogP contribution in [0.25, 0.3) is 11.0 Å². The van der Waals surface area contributed by atoms with Crippen LogP contribution in [0.2, 0.25) is 0 Å². The first-order valence-corrected chi connectivity index (χ1v) is 7.39. The van der Waals surface area contributed by atoms with Gasteiger partial charge in [0.25, 0.3) is 0 Å². The summed E-state index contributed by atoms with van der Waals surface area (Å²) in [5.74, 6) is 0.333. The number of nitrogens with zero attached hydrogens (tertiary/aromatic N) is 3. The van der Waals surface area contributed by atoms with Gasteiger partial charge in [-0.2, -0.15) is 0 Å². The van der Waals surface area contributed by atoms with Crippen molar-refractivity contribution in [1.82, 2.24) is 14.5 Å². The minimum absolute atomic E-state index is 0.333. The molecule has 2 aromatic rings. The van der Waals surface area contributed by atoms with Gasteiger partial charge in [-0.3, -0.25) is 0 Å². The zero-order valence-corrected chi connectivity index (χ0v) is 13.3. The Balaban J connectivity index is 2.15. The summed E-state index contributed by atoms with van der Waals surface area (Å²) in [6, 6.07) is 0. The maximum absolute atomic E-state index is 10.5. The van der Waals surface area contributed by atoms with Crippen LogP contribution in [-0.4, -0.2) is 54.3 Å². The van der Waals surface area contributed by atoms with Crippen LogP contribution in [0.5, 0.6) is 0 Å². The summed E-state index contributed by atoms with van der Waals surface area (Å²) in [4.78, 5) is 8.13. The summed E-state index contributed by atoms with van der Waals surface area (Å²) < 4.78 is 8.01. The van der Waals surface area contributed by atoms with Crippen molar-refractivity contribution in [3.8, 4) is 0 Å². The second-order valence-corrected chi connectivity index (χ2v) is 6.38. The molecule has 1 saturated heterocycles. The van der Waals surface area contributed by atoms with Crippen LogP contribution in [0.1, 0.15) is 13.2 Å². The number of halogens is 1. The molecular weight excluding hydrogens is 391 g/mol. The van der Waals surface area contributed by atoms with Crippen molar-refractivity contribution >= 4 is 39.4 Å². The number of aliphatic hydroxyl groups excluding tert-OH is 2. The molecule has 0 radical (unpaired) electrons. The van der Waals surface area contributed by atoms with E-state index in [9.17, 15) is 15.3 Å². The van der Waals surface area contributed by atoms with Crippen LogP contribution < -0.4 is 5.73 Å². The first kappa shape index (κ1) is 14.9. The Bertz CT molecular complexity index is 689. The van der Waals surface area contributed by atoms with E-state index in [2.05, 4.69) is 32.6 Å². The van der Waals surface area contributed by atoms with Crippen molar-refractivity contribution in [2.45, 2.75) is 31.0 Å².